The third-order valence-corrected chi connectivity index (χ3v) is 6.33. The predicted octanol–water partition coefficient (Wildman–Crippen LogP) is 2.52. The second-order valence-electron chi connectivity index (χ2n) is 8.49. The lowest BCUT2D eigenvalue weighted by molar-refractivity contribution is -0.132. The average Bonchev–Trinajstić information content (AvgIpc) is 3.30. The van der Waals surface area contributed by atoms with Crippen molar-refractivity contribution in [1.29, 1.82) is 0 Å². The molecule has 1 aromatic carbocycles. The van der Waals surface area contributed by atoms with Gasteiger partial charge in [-0.05, 0) is 25.0 Å². The Balaban J connectivity index is 1.40. The van der Waals surface area contributed by atoms with E-state index in [4.69, 9.17) is 14.7 Å². The molecular formula is C24H31N5O3. The van der Waals surface area contributed by atoms with Gasteiger partial charge in [-0.3, -0.25) is 9.59 Å². The van der Waals surface area contributed by atoms with Crippen LogP contribution in [0.15, 0.2) is 24.3 Å². The number of carbonyl (C=O) groups excluding carboxylic acids is 2. The lowest BCUT2D eigenvalue weighted by Gasteiger charge is -2.30. The van der Waals surface area contributed by atoms with E-state index in [1.165, 1.54) is 0 Å². The highest BCUT2D eigenvalue weighted by molar-refractivity contribution is 5.77. The summed E-state index contributed by atoms with van der Waals surface area (Å²) in [6.07, 6.45) is 1.92. The smallest absolute Gasteiger partial charge is 0.226 e. The molecule has 1 saturated heterocycles. The second kappa shape index (κ2) is 9.54. The van der Waals surface area contributed by atoms with Gasteiger partial charge in [-0.1, -0.05) is 18.2 Å². The van der Waals surface area contributed by atoms with Gasteiger partial charge in [0.05, 0.1) is 25.3 Å². The van der Waals surface area contributed by atoms with Crippen LogP contribution >= 0.6 is 0 Å². The van der Waals surface area contributed by atoms with E-state index in [2.05, 4.69) is 5.32 Å². The van der Waals surface area contributed by atoms with E-state index in [1.54, 1.807) is 6.92 Å². The molecule has 32 heavy (non-hydrogen) atoms. The SMILES string of the molecule is CNc1nc([C@H]2CCN(C(C)=O)C2)nc2c1CN(C(=O)CCOc1ccccc1C)CC2. The van der Waals surface area contributed by atoms with E-state index in [9.17, 15) is 9.59 Å². The quantitative estimate of drug-likeness (QED) is 0.747. The summed E-state index contributed by atoms with van der Waals surface area (Å²) >= 11 is 0. The van der Waals surface area contributed by atoms with Crippen LogP contribution in [0.25, 0.3) is 0 Å². The average molecular weight is 438 g/mol. The summed E-state index contributed by atoms with van der Waals surface area (Å²) in [7, 11) is 1.85. The van der Waals surface area contributed by atoms with E-state index in [-0.39, 0.29) is 17.7 Å². The van der Waals surface area contributed by atoms with E-state index >= 15 is 0 Å². The Morgan fingerprint density at radius 2 is 2.00 bits per heavy atom. The van der Waals surface area contributed by atoms with Gasteiger partial charge >= 0.3 is 0 Å². The maximum atomic E-state index is 12.8. The zero-order chi connectivity index (χ0) is 22.7. The molecule has 1 atom stereocenters. The van der Waals surface area contributed by atoms with Gasteiger partial charge in [0.2, 0.25) is 11.8 Å². The molecule has 1 N–H and O–H groups in total. The number of carbonyl (C=O) groups is 2. The van der Waals surface area contributed by atoms with Gasteiger partial charge in [0.15, 0.2) is 0 Å². The van der Waals surface area contributed by atoms with E-state index in [0.717, 1.165) is 47.2 Å². The zero-order valence-electron chi connectivity index (χ0n) is 19.1. The lowest BCUT2D eigenvalue weighted by atomic mass is 10.0. The first-order valence-electron chi connectivity index (χ1n) is 11.3. The van der Waals surface area contributed by atoms with Crippen molar-refractivity contribution in [2.45, 2.75) is 45.6 Å². The molecule has 0 aliphatic carbocycles. The third kappa shape index (κ3) is 4.69. The number of para-hydroxylation sites is 1. The van der Waals surface area contributed by atoms with Crippen LogP contribution in [0.3, 0.4) is 0 Å². The normalized spacial score (nSPS) is 17.8. The Bertz CT molecular complexity index is 992. The number of nitrogens with zero attached hydrogens (tertiary/aromatic N) is 4. The Kier molecular flexibility index (Phi) is 6.58. The number of fused-ring (bicyclic) bond motifs is 1. The van der Waals surface area contributed by atoms with Crippen LogP contribution in [-0.2, 0) is 22.6 Å². The summed E-state index contributed by atoms with van der Waals surface area (Å²) in [5, 5.41) is 3.19. The molecule has 2 aliphatic heterocycles. The molecule has 2 aromatic rings. The molecule has 1 fully saturated rings. The van der Waals surface area contributed by atoms with Crippen molar-refractivity contribution in [1.82, 2.24) is 19.8 Å². The first-order chi connectivity index (χ1) is 15.5. The summed E-state index contributed by atoms with van der Waals surface area (Å²) in [4.78, 5) is 37.8. The van der Waals surface area contributed by atoms with Crippen molar-refractivity contribution in [2.75, 3.05) is 38.6 Å². The van der Waals surface area contributed by atoms with Crippen molar-refractivity contribution in [3.8, 4) is 5.75 Å². The number of benzene rings is 1. The lowest BCUT2D eigenvalue weighted by Crippen LogP contribution is -2.37. The molecule has 4 rings (SSSR count). The molecule has 2 amide bonds. The number of aryl methyl sites for hydroxylation is 1. The number of rotatable bonds is 6. The number of hydrogen-bond donors (Lipinski definition) is 1. The largest absolute Gasteiger partial charge is 0.493 e. The fourth-order valence-electron chi connectivity index (χ4n) is 4.42. The fraction of sp³-hybridized carbons (Fsp3) is 0.500. The Morgan fingerprint density at radius 1 is 1.19 bits per heavy atom. The molecule has 2 aliphatic rings. The van der Waals surface area contributed by atoms with Crippen LogP contribution in [0.1, 0.15) is 48.3 Å². The molecule has 0 unspecified atom stereocenters. The zero-order valence-corrected chi connectivity index (χ0v) is 19.1. The molecule has 0 radical (unpaired) electrons. The van der Waals surface area contributed by atoms with Gasteiger partial charge in [0.25, 0.3) is 0 Å². The number of ether oxygens (including phenoxy) is 1. The van der Waals surface area contributed by atoms with Gasteiger partial charge in [-0.15, -0.1) is 0 Å². The highest BCUT2D eigenvalue weighted by Crippen LogP contribution is 2.30. The van der Waals surface area contributed by atoms with Crippen LogP contribution in [0.2, 0.25) is 0 Å². The van der Waals surface area contributed by atoms with Crippen LogP contribution in [0.5, 0.6) is 5.75 Å². The van der Waals surface area contributed by atoms with Crippen molar-refractivity contribution in [3.63, 3.8) is 0 Å². The highest BCUT2D eigenvalue weighted by atomic mass is 16.5. The van der Waals surface area contributed by atoms with Crippen LogP contribution in [0, 0.1) is 6.92 Å². The van der Waals surface area contributed by atoms with Gasteiger partial charge in [0, 0.05) is 51.5 Å². The summed E-state index contributed by atoms with van der Waals surface area (Å²) in [6.45, 7) is 6.52. The number of amides is 2. The minimum absolute atomic E-state index is 0.0725. The molecule has 170 valence electrons. The van der Waals surface area contributed by atoms with Gasteiger partial charge in [-0.2, -0.15) is 0 Å². The van der Waals surface area contributed by atoms with Crippen LogP contribution < -0.4 is 10.1 Å². The van der Waals surface area contributed by atoms with Crippen LogP contribution in [-0.4, -0.2) is 64.9 Å². The van der Waals surface area contributed by atoms with Crippen molar-refractivity contribution in [2.24, 2.45) is 0 Å². The van der Waals surface area contributed by atoms with E-state index in [0.29, 0.717) is 39.1 Å². The van der Waals surface area contributed by atoms with Gasteiger partial charge in [0.1, 0.15) is 17.4 Å². The minimum atomic E-state index is 0.0725. The summed E-state index contributed by atoms with van der Waals surface area (Å²) in [5.41, 5.74) is 3.05. The highest BCUT2D eigenvalue weighted by Gasteiger charge is 2.31. The molecule has 8 heteroatoms. The molecule has 3 heterocycles. The fourth-order valence-corrected chi connectivity index (χ4v) is 4.42. The summed E-state index contributed by atoms with van der Waals surface area (Å²) < 4.78 is 5.80. The molecule has 1 aromatic heterocycles. The third-order valence-electron chi connectivity index (χ3n) is 6.33. The molecule has 8 nitrogen and oxygen atoms in total. The van der Waals surface area contributed by atoms with Crippen LogP contribution in [0.4, 0.5) is 5.82 Å². The Hall–Kier alpha value is -3.16. The number of anilines is 1. The van der Waals surface area contributed by atoms with Crippen molar-refractivity contribution >= 4 is 17.6 Å². The van der Waals surface area contributed by atoms with Gasteiger partial charge < -0.3 is 19.9 Å². The predicted molar refractivity (Wildman–Crippen MR) is 122 cm³/mol. The molecule has 0 bridgehead atoms. The number of aromatic nitrogens is 2. The maximum absolute atomic E-state index is 12.8. The topological polar surface area (TPSA) is 87.7 Å². The number of likely N-dealkylation sites (tertiary alicyclic amines) is 1. The number of nitrogens with one attached hydrogen (secondary N) is 1. The van der Waals surface area contributed by atoms with Crippen molar-refractivity contribution < 1.29 is 14.3 Å². The Morgan fingerprint density at radius 3 is 2.72 bits per heavy atom. The first kappa shape index (κ1) is 22.0. The standard InChI is InChI=1S/C24H31N5O3/c1-16-6-4-5-7-21(16)32-13-10-22(31)29-12-9-20-19(15-29)24(25-3)27-23(26-20)18-8-11-28(14-18)17(2)30/h4-7,18H,8-15H2,1-3H3,(H,25,26,27)/t18-/m0/s1. The maximum Gasteiger partial charge on any atom is 0.226 e. The van der Waals surface area contributed by atoms with E-state index < -0.39 is 0 Å². The molecular weight excluding hydrogens is 406 g/mol. The summed E-state index contributed by atoms with van der Waals surface area (Å²) in [5.74, 6) is 2.72. The molecule has 0 spiro atoms. The minimum Gasteiger partial charge on any atom is -0.493 e. The first-order valence-corrected chi connectivity index (χ1v) is 11.3. The van der Waals surface area contributed by atoms with Gasteiger partial charge in [-0.25, -0.2) is 9.97 Å². The van der Waals surface area contributed by atoms with Crippen molar-refractivity contribution in [3.05, 3.63) is 46.9 Å². The summed E-state index contributed by atoms with van der Waals surface area (Å²) in [6, 6.07) is 7.82. The number of hydrogen-bond acceptors (Lipinski definition) is 6. The Labute approximate surface area is 189 Å². The van der Waals surface area contributed by atoms with E-state index in [1.807, 2.05) is 48.0 Å². The second-order valence-corrected chi connectivity index (χ2v) is 8.49. The monoisotopic (exact) mass is 437 g/mol. The molecule has 0 saturated carbocycles.